The Morgan fingerprint density at radius 2 is 1.46 bits per heavy atom. The third-order valence-electron chi connectivity index (χ3n) is 3.92. The third kappa shape index (κ3) is 4.49. The van der Waals surface area contributed by atoms with Crippen molar-refractivity contribution in [1.82, 2.24) is 8.51 Å². The second-order valence-corrected chi connectivity index (χ2v) is 20.1. The number of benzene rings is 1. The Kier molecular flexibility index (Phi) is 5.94. The third-order valence-corrected chi connectivity index (χ3v) is 13.0. The van der Waals surface area contributed by atoms with Crippen LogP contribution in [0.4, 0.5) is 0 Å². The van der Waals surface area contributed by atoms with Crippen molar-refractivity contribution in [1.29, 1.82) is 0 Å². The van der Waals surface area contributed by atoms with Gasteiger partial charge >= 0.3 is 158 Å². The molecule has 0 atom stereocenters. The van der Waals surface area contributed by atoms with Crippen molar-refractivity contribution < 1.29 is 0 Å². The molecule has 5 heteroatoms. The molecule has 1 heterocycles. The minimum atomic E-state index is -1.61. The van der Waals surface area contributed by atoms with E-state index in [0.717, 1.165) is 5.69 Å². The van der Waals surface area contributed by atoms with Gasteiger partial charge in [0.05, 0.1) is 0 Å². The molecule has 0 fully saturated rings. The molecule has 2 radical (unpaired) electrons. The molecule has 2 aromatic rings. The molecule has 2 rings (SSSR count). The Balaban J connectivity index is 2.84. The Labute approximate surface area is 157 Å². The Hall–Kier alpha value is -1.11. The molecule has 24 heavy (non-hydrogen) atoms. The second kappa shape index (κ2) is 7.41. The fourth-order valence-corrected chi connectivity index (χ4v) is 6.48. The molecular weight excluding hydrogens is 385 g/mol. The van der Waals surface area contributed by atoms with Crippen LogP contribution in [0.15, 0.2) is 54.7 Å². The van der Waals surface area contributed by atoms with Gasteiger partial charge in [0.15, 0.2) is 0 Å². The monoisotopic (exact) mass is 414 g/mol. The van der Waals surface area contributed by atoms with Crippen LogP contribution in [0.2, 0.25) is 39.3 Å². The predicted octanol–water partition coefficient (Wildman–Crippen LogP) is 4.78. The molecule has 0 bridgehead atoms. The van der Waals surface area contributed by atoms with E-state index in [-0.39, 0.29) is 0 Å². The number of aromatic nitrogens is 1. The van der Waals surface area contributed by atoms with E-state index in [1.807, 2.05) is 12.3 Å². The maximum atomic E-state index is 4.73. The zero-order valence-corrected chi connectivity index (χ0v) is 20.1. The van der Waals surface area contributed by atoms with Gasteiger partial charge in [-0.25, -0.2) is 0 Å². The summed E-state index contributed by atoms with van der Waals surface area (Å²) >= 11 is 1.71. The van der Waals surface area contributed by atoms with E-state index in [1.165, 1.54) is 16.5 Å². The van der Waals surface area contributed by atoms with E-state index in [4.69, 9.17) is 4.98 Å². The second-order valence-electron chi connectivity index (χ2n) is 8.10. The average molecular weight is 413 g/mol. The number of nitrogens with zero attached hydrogens (tertiary/aromatic N) is 2. The van der Waals surface area contributed by atoms with E-state index in [1.54, 1.807) is 16.7 Å². The van der Waals surface area contributed by atoms with E-state index in [0.29, 0.717) is 0 Å². The van der Waals surface area contributed by atoms with Crippen molar-refractivity contribution in [3.8, 4) is 0 Å². The summed E-state index contributed by atoms with van der Waals surface area (Å²) < 4.78 is 2.61. The maximum absolute atomic E-state index is 4.73. The zero-order valence-electron chi connectivity index (χ0n) is 15.7. The van der Waals surface area contributed by atoms with Crippen LogP contribution in [0.5, 0.6) is 0 Å². The zero-order chi connectivity index (χ0) is 18.0. The van der Waals surface area contributed by atoms with E-state index in [9.17, 15) is 0 Å². The molecule has 0 aliphatic rings. The number of hydrogen-bond acceptors (Lipinski definition) is 2. The van der Waals surface area contributed by atoms with Crippen LogP contribution < -0.4 is 0 Å². The topological polar surface area (TPSA) is 16.1 Å². The molecular formula is C19H28GeN2Si2. The van der Waals surface area contributed by atoms with E-state index >= 15 is 0 Å². The first-order valence-corrected chi connectivity index (χ1v) is 16.4. The van der Waals surface area contributed by atoms with Crippen LogP contribution in [0.1, 0.15) is 11.3 Å². The first kappa shape index (κ1) is 19.2. The van der Waals surface area contributed by atoms with Crippen molar-refractivity contribution >= 4 is 43.9 Å². The van der Waals surface area contributed by atoms with Crippen molar-refractivity contribution in [2.75, 3.05) is 0 Å². The molecule has 0 saturated heterocycles. The number of hydrogen-bond donors (Lipinski definition) is 0. The van der Waals surface area contributed by atoms with Gasteiger partial charge in [-0.05, 0) is 0 Å². The summed E-state index contributed by atoms with van der Waals surface area (Å²) in [7, 11) is -3.09. The van der Waals surface area contributed by atoms with E-state index in [2.05, 4.69) is 85.3 Å². The SMILES string of the molecule is C[Si](C)(C)/C(=C(\c1ccccc1)[N]([GeH])[Si](C)(C)C)c1ccccn1. The summed E-state index contributed by atoms with van der Waals surface area (Å²) in [5.41, 5.74) is 3.84. The fraction of sp³-hybridized carbons (Fsp3) is 0.316. The quantitative estimate of drug-likeness (QED) is 0.656. The van der Waals surface area contributed by atoms with Crippen LogP contribution in [-0.2, 0) is 0 Å². The van der Waals surface area contributed by atoms with Gasteiger partial charge in [0.25, 0.3) is 0 Å². The molecule has 1 aromatic carbocycles. The van der Waals surface area contributed by atoms with Crippen LogP contribution in [-0.4, -0.2) is 41.6 Å². The summed E-state index contributed by atoms with van der Waals surface area (Å²) in [6, 6.07) is 17.1. The summed E-state index contributed by atoms with van der Waals surface area (Å²) in [4.78, 5) is 4.73. The van der Waals surface area contributed by atoms with Gasteiger partial charge in [-0.15, -0.1) is 0 Å². The molecule has 0 amide bonds. The molecule has 0 unspecified atom stereocenters. The Bertz CT molecular complexity index is 702. The van der Waals surface area contributed by atoms with Gasteiger partial charge in [0.2, 0.25) is 0 Å². The normalized spacial score (nSPS) is 13.5. The molecule has 0 saturated carbocycles. The number of pyridine rings is 1. The molecule has 0 aliphatic heterocycles. The van der Waals surface area contributed by atoms with E-state index < -0.39 is 16.3 Å². The van der Waals surface area contributed by atoms with Gasteiger partial charge in [-0.2, -0.15) is 0 Å². The number of rotatable bonds is 5. The van der Waals surface area contributed by atoms with Gasteiger partial charge in [0.1, 0.15) is 0 Å². The van der Waals surface area contributed by atoms with Gasteiger partial charge in [-0.1, -0.05) is 0 Å². The predicted molar refractivity (Wildman–Crippen MR) is 113 cm³/mol. The van der Waals surface area contributed by atoms with Crippen LogP contribution >= 0.6 is 0 Å². The first-order valence-electron chi connectivity index (χ1n) is 8.39. The van der Waals surface area contributed by atoms with Gasteiger partial charge in [-0.3, -0.25) is 0 Å². The average Bonchev–Trinajstić information content (AvgIpc) is 2.51. The molecule has 0 aliphatic carbocycles. The molecule has 1 aromatic heterocycles. The summed E-state index contributed by atoms with van der Waals surface area (Å²) in [5, 5.41) is 1.46. The van der Waals surface area contributed by atoms with Crippen molar-refractivity contribution in [2.45, 2.75) is 39.3 Å². The first-order chi connectivity index (χ1) is 11.1. The van der Waals surface area contributed by atoms with Crippen molar-refractivity contribution in [3.05, 3.63) is 66.0 Å². The molecule has 2 nitrogen and oxygen atoms in total. The standard InChI is InChI=1S/C19H28GeN2Si2/c1-23(2,3)19(17-14-10-11-15-21-17)18(22(20)24(4,5)6)16-12-8-7-9-13-16/h7-15,20H,1-6H3/b19-18+. The summed E-state index contributed by atoms with van der Waals surface area (Å²) in [6.45, 7) is 14.5. The summed E-state index contributed by atoms with van der Waals surface area (Å²) in [6.07, 6.45) is 1.91. The molecule has 0 N–H and O–H groups in total. The summed E-state index contributed by atoms with van der Waals surface area (Å²) in [5.74, 6) is 0. The van der Waals surface area contributed by atoms with Crippen LogP contribution in [0.25, 0.3) is 10.9 Å². The van der Waals surface area contributed by atoms with Gasteiger partial charge < -0.3 is 0 Å². The van der Waals surface area contributed by atoms with Crippen molar-refractivity contribution in [2.24, 2.45) is 0 Å². The Morgan fingerprint density at radius 1 is 0.875 bits per heavy atom. The molecule has 0 spiro atoms. The van der Waals surface area contributed by atoms with Gasteiger partial charge in [0, 0.05) is 0 Å². The van der Waals surface area contributed by atoms with Crippen LogP contribution in [0, 0.1) is 0 Å². The Morgan fingerprint density at radius 3 is 1.92 bits per heavy atom. The van der Waals surface area contributed by atoms with Crippen LogP contribution in [0.3, 0.4) is 0 Å². The fourth-order valence-electron chi connectivity index (χ4n) is 2.71. The molecule has 126 valence electrons. The van der Waals surface area contributed by atoms with Crippen molar-refractivity contribution in [3.63, 3.8) is 0 Å². The minimum absolute atomic E-state index is 1.14.